The summed E-state index contributed by atoms with van der Waals surface area (Å²) in [5.74, 6) is -1.56. The molecular formula is C37H39Cl3F2N2O5. The fraction of sp³-hybridized carbons (Fsp3) is 0.405. The zero-order valence-corrected chi connectivity index (χ0v) is 30.1. The summed E-state index contributed by atoms with van der Waals surface area (Å²) in [6.07, 6.45) is 2.20. The van der Waals surface area contributed by atoms with Crippen molar-refractivity contribution >= 4 is 52.4 Å². The summed E-state index contributed by atoms with van der Waals surface area (Å²) in [6, 6.07) is 14.1. The summed E-state index contributed by atoms with van der Waals surface area (Å²) in [7, 11) is 0. The van der Waals surface area contributed by atoms with Crippen molar-refractivity contribution in [2.24, 2.45) is 0 Å². The lowest BCUT2D eigenvalue weighted by Crippen LogP contribution is -2.50. The van der Waals surface area contributed by atoms with Crippen molar-refractivity contribution in [1.82, 2.24) is 9.80 Å². The molecule has 0 aromatic heterocycles. The summed E-state index contributed by atoms with van der Waals surface area (Å²) in [4.78, 5) is 31.7. The first-order valence-corrected chi connectivity index (χ1v) is 17.4. The van der Waals surface area contributed by atoms with Crippen molar-refractivity contribution in [3.8, 4) is 11.5 Å². The molecule has 0 N–H and O–H groups in total. The van der Waals surface area contributed by atoms with Gasteiger partial charge in [-0.15, -0.1) is 0 Å². The molecular weight excluding hydrogens is 697 g/mol. The molecule has 1 saturated carbocycles. The van der Waals surface area contributed by atoms with Crippen LogP contribution in [0.25, 0.3) is 5.57 Å². The van der Waals surface area contributed by atoms with Crippen molar-refractivity contribution in [2.45, 2.75) is 77.6 Å². The van der Waals surface area contributed by atoms with Gasteiger partial charge in [-0.25, -0.2) is 13.6 Å². The van der Waals surface area contributed by atoms with E-state index in [1.54, 1.807) is 23.1 Å². The Morgan fingerprint density at radius 3 is 2.24 bits per heavy atom. The number of hydrogen-bond acceptors (Lipinski definition) is 5. The van der Waals surface area contributed by atoms with Gasteiger partial charge in [0.05, 0.1) is 16.1 Å². The highest BCUT2D eigenvalue weighted by Gasteiger charge is 2.42. The van der Waals surface area contributed by atoms with Crippen LogP contribution in [0.15, 0.2) is 60.2 Å². The molecule has 0 spiro atoms. The highest BCUT2D eigenvalue weighted by molar-refractivity contribution is 6.42. The number of amides is 2. The van der Waals surface area contributed by atoms with Crippen LogP contribution in [0.5, 0.6) is 11.5 Å². The average molecular weight is 736 g/mol. The lowest BCUT2D eigenvalue weighted by molar-refractivity contribution is -0.129. The van der Waals surface area contributed by atoms with E-state index in [1.165, 1.54) is 0 Å². The predicted molar refractivity (Wildman–Crippen MR) is 187 cm³/mol. The summed E-state index contributed by atoms with van der Waals surface area (Å²) in [5, 5.41) is 0.399. The number of rotatable bonds is 11. The third kappa shape index (κ3) is 8.80. The molecule has 12 heteroatoms. The molecule has 1 aliphatic heterocycles. The number of halogens is 5. The van der Waals surface area contributed by atoms with Gasteiger partial charge in [0.2, 0.25) is 0 Å². The molecule has 0 bridgehead atoms. The number of nitrogens with zero attached hydrogens (tertiary/aromatic N) is 2. The van der Waals surface area contributed by atoms with Gasteiger partial charge in [0.1, 0.15) is 35.4 Å². The Kier molecular flexibility index (Phi) is 11.7. The van der Waals surface area contributed by atoms with Crippen LogP contribution in [0, 0.1) is 11.6 Å². The van der Waals surface area contributed by atoms with Crippen molar-refractivity contribution in [1.29, 1.82) is 0 Å². The summed E-state index contributed by atoms with van der Waals surface area (Å²) in [5.41, 5.74) is 2.24. The molecule has 3 aromatic rings. The first-order chi connectivity index (χ1) is 23.3. The molecule has 2 aliphatic rings. The SMILES string of the molecule is CC[C@@H]1C(C(=O)N(Cc2cccc(Cl)c2Cl)C2CC2)=C(c2ccc(OCCOc3c(F)ccc(F)c3Cl)cc2)CCN1C(=O)OC(C)(C)C. The molecule has 5 rings (SSSR count). The van der Waals surface area contributed by atoms with E-state index < -0.39 is 34.4 Å². The molecule has 1 atom stereocenters. The van der Waals surface area contributed by atoms with E-state index in [1.807, 2.05) is 56.9 Å². The Morgan fingerprint density at radius 2 is 1.59 bits per heavy atom. The average Bonchev–Trinajstić information content (AvgIpc) is 3.91. The number of benzene rings is 3. The lowest BCUT2D eigenvalue weighted by Gasteiger charge is -2.40. The summed E-state index contributed by atoms with van der Waals surface area (Å²) in [6.45, 7) is 8.03. The van der Waals surface area contributed by atoms with Gasteiger partial charge in [0, 0.05) is 24.7 Å². The first kappa shape index (κ1) is 36.7. The van der Waals surface area contributed by atoms with Crippen LogP contribution in [0.4, 0.5) is 13.6 Å². The Bertz CT molecular complexity index is 1720. The van der Waals surface area contributed by atoms with Gasteiger partial charge >= 0.3 is 6.09 Å². The zero-order chi connectivity index (χ0) is 35.5. The normalized spacial score (nSPS) is 16.4. The first-order valence-electron chi connectivity index (χ1n) is 16.2. The maximum absolute atomic E-state index is 14.7. The second-order valence-electron chi connectivity index (χ2n) is 13.0. The third-order valence-electron chi connectivity index (χ3n) is 8.31. The van der Waals surface area contributed by atoms with Crippen LogP contribution >= 0.6 is 34.8 Å². The minimum atomic E-state index is -0.780. The minimum Gasteiger partial charge on any atom is -0.490 e. The molecule has 262 valence electrons. The standard InChI is InChI=1S/C37H39Cl3F2N2O5/c1-5-30-31(35(45)44(24-11-12-24)21-23-7-6-8-27(38)32(23)39)26(17-18-43(30)36(46)49-37(2,3)4)22-9-13-25(14-10-22)47-19-20-48-34-29(42)16-15-28(41)33(34)40/h6-10,13-16,24,30H,5,11-12,17-21H2,1-4H3/t30-/m1/s1. The van der Waals surface area contributed by atoms with Gasteiger partial charge in [-0.3, -0.25) is 4.79 Å². The van der Waals surface area contributed by atoms with E-state index in [9.17, 15) is 18.4 Å². The van der Waals surface area contributed by atoms with E-state index in [2.05, 4.69) is 0 Å². The van der Waals surface area contributed by atoms with Crippen molar-refractivity contribution < 1.29 is 32.6 Å². The van der Waals surface area contributed by atoms with Gasteiger partial charge < -0.3 is 24.0 Å². The van der Waals surface area contributed by atoms with E-state index in [0.717, 1.165) is 41.7 Å². The topological polar surface area (TPSA) is 68.3 Å². The van der Waals surface area contributed by atoms with Gasteiger partial charge in [0.15, 0.2) is 11.6 Å². The number of carbonyl (C=O) groups excluding carboxylic acids is 2. The minimum absolute atomic E-state index is 0.0411. The second-order valence-corrected chi connectivity index (χ2v) is 14.2. The zero-order valence-electron chi connectivity index (χ0n) is 27.8. The van der Waals surface area contributed by atoms with Gasteiger partial charge in [-0.2, -0.15) is 0 Å². The van der Waals surface area contributed by atoms with E-state index in [0.29, 0.717) is 40.8 Å². The fourth-order valence-electron chi connectivity index (χ4n) is 5.87. The van der Waals surface area contributed by atoms with E-state index >= 15 is 0 Å². The van der Waals surface area contributed by atoms with Crippen molar-refractivity contribution in [3.63, 3.8) is 0 Å². The Morgan fingerprint density at radius 1 is 0.918 bits per heavy atom. The Balaban J connectivity index is 1.42. The van der Waals surface area contributed by atoms with Crippen LogP contribution in [0.3, 0.4) is 0 Å². The number of ether oxygens (including phenoxy) is 3. The lowest BCUT2D eigenvalue weighted by atomic mass is 9.86. The quantitative estimate of drug-likeness (QED) is 0.145. The van der Waals surface area contributed by atoms with Gasteiger partial charge in [-0.05, 0) is 93.5 Å². The van der Waals surface area contributed by atoms with Crippen LogP contribution < -0.4 is 9.47 Å². The molecule has 0 saturated heterocycles. The number of hydrogen-bond donors (Lipinski definition) is 0. The Hall–Kier alpha value is -3.53. The fourth-order valence-corrected chi connectivity index (χ4v) is 6.46. The molecule has 49 heavy (non-hydrogen) atoms. The smallest absolute Gasteiger partial charge is 0.410 e. The van der Waals surface area contributed by atoms with Crippen LogP contribution in [0.1, 0.15) is 64.5 Å². The predicted octanol–water partition coefficient (Wildman–Crippen LogP) is 9.75. The maximum atomic E-state index is 14.7. The summed E-state index contributed by atoms with van der Waals surface area (Å²) >= 11 is 18.7. The van der Waals surface area contributed by atoms with Crippen LogP contribution in [-0.2, 0) is 16.1 Å². The largest absolute Gasteiger partial charge is 0.490 e. The molecule has 0 radical (unpaired) electrons. The molecule has 0 unspecified atom stereocenters. The molecule has 1 heterocycles. The van der Waals surface area contributed by atoms with Crippen molar-refractivity contribution in [3.05, 3.63) is 98.0 Å². The molecule has 1 aliphatic carbocycles. The number of carbonyl (C=O) groups is 2. The van der Waals surface area contributed by atoms with Crippen molar-refractivity contribution in [2.75, 3.05) is 19.8 Å². The van der Waals surface area contributed by atoms with E-state index in [-0.39, 0.29) is 37.5 Å². The molecule has 2 amide bonds. The highest BCUT2D eigenvalue weighted by atomic mass is 35.5. The van der Waals surface area contributed by atoms with Crippen LogP contribution in [0.2, 0.25) is 15.1 Å². The highest BCUT2D eigenvalue weighted by Crippen LogP contribution is 2.39. The molecule has 3 aromatic carbocycles. The molecule has 1 fully saturated rings. The monoisotopic (exact) mass is 734 g/mol. The summed E-state index contributed by atoms with van der Waals surface area (Å²) < 4.78 is 44.6. The Labute approximate surface area is 300 Å². The second kappa shape index (κ2) is 15.6. The van der Waals surface area contributed by atoms with Gasteiger partial charge in [0.25, 0.3) is 5.91 Å². The van der Waals surface area contributed by atoms with E-state index in [4.69, 9.17) is 49.0 Å². The van der Waals surface area contributed by atoms with Gasteiger partial charge in [-0.1, -0.05) is 66.0 Å². The third-order valence-corrected chi connectivity index (χ3v) is 9.52. The van der Waals surface area contributed by atoms with Crippen LogP contribution in [-0.4, -0.2) is 59.2 Å². The molecule has 7 nitrogen and oxygen atoms in total. The maximum Gasteiger partial charge on any atom is 0.410 e.